The number of esters is 1. The van der Waals surface area contributed by atoms with Crippen LogP contribution in [0.1, 0.15) is 17.3 Å². The van der Waals surface area contributed by atoms with Crippen molar-refractivity contribution >= 4 is 5.97 Å². The summed E-state index contributed by atoms with van der Waals surface area (Å²) in [7, 11) is 0. The minimum atomic E-state index is -0.294. The van der Waals surface area contributed by atoms with Crippen LogP contribution in [0.15, 0.2) is 66.7 Å². The van der Waals surface area contributed by atoms with Crippen molar-refractivity contribution in [3.63, 3.8) is 0 Å². The molecule has 0 heterocycles. The number of hydrogen-bond acceptors (Lipinski definition) is 2. The van der Waals surface area contributed by atoms with Crippen molar-refractivity contribution in [3.8, 4) is 11.1 Å². The van der Waals surface area contributed by atoms with E-state index in [0.29, 0.717) is 12.2 Å². The van der Waals surface area contributed by atoms with Crippen molar-refractivity contribution in [2.24, 2.45) is 0 Å². The van der Waals surface area contributed by atoms with Gasteiger partial charge in [-0.1, -0.05) is 54.6 Å². The molecule has 0 saturated carbocycles. The highest BCUT2D eigenvalue weighted by Gasteiger charge is 2.06. The summed E-state index contributed by atoms with van der Waals surface area (Å²) in [6.45, 7) is 2.21. The van der Waals surface area contributed by atoms with Crippen LogP contribution in [0.4, 0.5) is 0 Å². The van der Waals surface area contributed by atoms with E-state index in [-0.39, 0.29) is 5.97 Å². The summed E-state index contributed by atoms with van der Waals surface area (Å²) in [4.78, 5) is 11.7. The van der Waals surface area contributed by atoms with Crippen LogP contribution in [0, 0.1) is 0 Å². The normalized spacial score (nSPS) is 10.6. The summed E-state index contributed by atoms with van der Waals surface area (Å²) in [6.07, 6.45) is 3.65. The molecular formula is C17H16O2. The van der Waals surface area contributed by atoms with E-state index in [1.807, 2.05) is 55.5 Å². The number of carbonyl (C=O) groups excluding carboxylic acids is 1. The predicted molar refractivity (Wildman–Crippen MR) is 77.0 cm³/mol. The Morgan fingerprint density at radius 1 is 1.00 bits per heavy atom. The SMILES string of the molecule is CC=CCOC(=O)c1ccc(-c2ccccc2)cc1. The molecule has 2 heteroatoms. The van der Waals surface area contributed by atoms with Crippen molar-refractivity contribution in [3.05, 3.63) is 72.3 Å². The summed E-state index contributed by atoms with van der Waals surface area (Å²) in [5, 5.41) is 0. The minimum Gasteiger partial charge on any atom is -0.458 e. The molecule has 0 aromatic heterocycles. The summed E-state index contributed by atoms with van der Waals surface area (Å²) in [5.74, 6) is -0.294. The smallest absolute Gasteiger partial charge is 0.338 e. The molecule has 0 saturated heterocycles. The second kappa shape index (κ2) is 6.55. The lowest BCUT2D eigenvalue weighted by Crippen LogP contribution is -2.04. The molecule has 0 fully saturated rings. The minimum absolute atomic E-state index is 0.294. The fraction of sp³-hybridized carbons (Fsp3) is 0.118. The van der Waals surface area contributed by atoms with E-state index in [1.54, 1.807) is 18.2 Å². The van der Waals surface area contributed by atoms with Gasteiger partial charge in [0.25, 0.3) is 0 Å². The third-order valence-electron chi connectivity index (χ3n) is 2.77. The van der Waals surface area contributed by atoms with Gasteiger partial charge in [-0.25, -0.2) is 4.79 Å². The number of ether oxygens (including phenoxy) is 1. The Balaban J connectivity index is 2.08. The van der Waals surface area contributed by atoms with Gasteiger partial charge in [0.15, 0.2) is 0 Å². The van der Waals surface area contributed by atoms with Crippen LogP contribution in [-0.2, 0) is 4.74 Å². The Labute approximate surface area is 113 Å². The number of hydrogen-bond donors (Lipinski definition) is 0. The maximum absolute atomic E-state index is 11.7. The summed E-state index contributed by atoms with van der Waals surface area (Å²) < 4.78 is 5.09. The van der Waals surface area contributed by atoms with Crippen molar-refractivity contribution in [1.29, 1.82) is 0 Å². The van der Waals surface area contributed by atoms with Gasteiger partial charge in [-0.05, 0) is 30.2 Å². The zero-order valence-corrected chi connectivity index (χ0v) is 10.9. The Hall–Kier alpha value is -2.35. The van der Waals surface area contributed by atoms with Gasteiger partial charge in [0.1, 0.15) is 6.61 Å². The molecular weight excluding hydrogens is 236 g/mol. The highest BCUT2D eigenvalue weighted by atomic mass is 16.5. The van der Waals surface area contributed by atoms with Gasteiger partial charge >= 0.3 is 5.97 Å². The monoisotopic (exact) mass is 252 g/mol. The van der Waals surface area contributed by atoms with E-state index in [1.165, 1.54) is 0 Å². The molecule has 96 valence electrons. The fourth-order valence-electron chi connectivity index (χ4n) is 1.73. The van der Waals surface area contributed by atoms with Crippen molar-refractivity contribution < 1.29 is 9.53 Å². The average molecular weight is 252 g/mol. The quantitative estimate of drug-likeness (QED) is 0.605. The van der Waals surface area contributed by atoms with Gasteiger partial charge in [0, 0.05) is 0 Å². The first-order valence-electron chi connectivity index (χ1n) is 6.25. The lowest BCUT2D eigenvalue weighted by Gasteiger charge is -2.04. The van der Waals surface area contributed by atoms with Gasteiger partial charge in [-0.15, -0.1) is 0 Å². The molecule has 0 radical (unpaired) electrons. The van der Waals surface area contributed by atoms with Crippen LogP contribution in [0.3, 0.4) is 0 Å². The van der Waals surface area contributed by atoms with E-state index >= 15 is 0 Å². The van der Waals surface area contributed by atoms with Crippen molar-refractivity contribution in [2.45, 2.75) is 6.92 Å². The van der Waals surface area contributed by atoms with Crippen LogP contribution in [0.2, 0.25) is 0 Å². The first-order chi connectivity index (χ1) is 9.31. The molecule has 0 spiro atoms. The maximum atomic E-state index is 11.7. The third kappa shape index (κ3) is 3.55. The van der Waals surface area contributed by atoms with Crippen LogP contribution in [0.25, 0.3) is 11.1 Å². The molecule has 2 rings (SSSR count). The Morgan fingerprint density at radius 2 is 1.63 bits per heavy atom. The molecule has 2 nitrogen and oxygen atoms in total. The highest BCUT2D eigenvalue weighted by Crippen LogP contribution is 2.19. The Kier molecular flexibility index (Phi) is 4.51. The zero-order valence-electron chi connectivity index (χ0n) is 10.9. The summed E-state index contributed by atoms with van der Waals surface area (Å²) in [5.41, 5.74) is 2.80. The maximum Gasteiger partial charge on any atom is 0.338 e. The number of rotatable bonds is 4. The lowest BCUT2D eigenvalue weighted by molar-refractivity contribution is 0.0549. The van der Waals surface area contributed by atoms with E-state index in [0.717, 1.165) is 11.1 Å². The molecule has 0 aliphatic rings. The molecule has 19 heavy (non-hydrogen) atoms. The van der Waals surface area contributed by atoms with Gasteiger partial charge in [0.2, 0.25) is 0 Å². The number of allylic oxidation sites excluding steroid dienone is 1. The van der Waals surface area contributed by atoms with E-state index < -0.39 is 0 Å². The number of carbonyl (C=O) groups is 1. The van der Waals surface area contributed by atoms with Crippen molar-refractivity contribution in [1.82, 2.24) is 0 Å². The van der Waals surface area contributed by atoms with Crippen LogP contribution in [0.5, 0.6) is 0 Å². The van der Waals surface area contributed by atoms with Gasteiger partial charge in [-0.3, -0.25) is 0 Å². The molecule has 0 aliphatic carbocycles. The molecule has 0 N–H and O–H groups in total. The summed E-state index contributed by atoms with van der Waals surface area (Å²) in [6, 6.07) is 17.5. The molecule has 2 aromatic carbocycles. The fourth-order valence-corrected chi connectivity index (χ4v) is 1.73. The zero-order chi connectivity index (χ0) is 13.5. The molecule has 0 atom stereocenters. The standard InChI is InChI=1S/C17H16O2/c1-2-3-13-19-17(18)16-11-9-15(10-12-16)14-7-5-4-6-8-14/h2-12H,13H2,1H3. The van der Waals surface area contributed by atoms with Crippen molar-refractivity contribution in [2.75, 3.05) is 6.61 Å². The third-order valence-corrected chi connectivity index (χ3v) is 2.77. The molecule has 0 bridgehead atoms. The molecule has 0 unspecified atom stereocenters. The van der Waals surface area contributed by atoms with Crippen LogP contribution >= 0.6 is 0 Å². The van der Waals surface area contributed by atoms with Crippen LogP contribution < -0.4 is 0 Å². The van der Waals surface area contributed by atoms with Gasteiger partial charge in [-0.2, -0.15) is 0 Å². The van der Waals surface area contributed by atoms with E-state index in [9.17, 15) is 4.79 Å². The largest absolute Gasteiger partial charge is 0.458 e. The molecule has 0 amide bonds. The molecule has 0 aliphatic heterocycles. The average Bonchev–Trinajstić information content (AvgIpc) is 2.48. The highest BCUT2D eigenvalue weighted by molar-refractivity contribution is 5.90. The predicted octanol–water partition coefficient (Wildman–Crippen LogP) is 4.09. The van der Waals surface area contributed by atoms with Gasteiger partial charge < -0.3 is 4.74 Å². The first-order valence-corrected chi connectivity index (χ1v) is 6.25. The van der Waals surface area contributed by atoms with E-state index in [2.05, 4.69) is 0 Å². The van der Waals surface area contributed by atoms with Gasteiger partial charge in [0.05, 0.1) is 5.56 Å². The Morgan fingerprint density at radius 3 is 2.26 bits per heavy atom. The Bertz CT molecular complexity index is 554. The second-order valence-electron chi connectivity index (χ2n) is 4.11. The second-order valence-corrected chi connectivity index (χ2v) is 4.11. The number of benzene rings is 2. The lowest BCUT2D eigenvalue weighted by atomic mass is 10.0. The topological polar surface area (TPSA) is 26.3 Å². The van der Waals surface area contributed by atoms with E-state index in [4.69, 9.17) is 4.74 Å². The first kappa shape index (κ1) is 13.1. The molecule has 2 aromatic rings. The van der Waals surface area contributed by atoms with Crippen LogP contribution in [-0.4, -0.2) is 12.6 Å². The summed E-state index contributed by atoms with van der Waals surface area (Å²) >= 11 is 0.